The molecule has 0 saturated carbocycles. The second-order valence-electron chi connectivity index (χ2n) is 5.48. The van der Waals surface area contributed by atoms with Gasteiger partial charge in [-0.05, 0) is 23.6 Å². The van der Waals surface area contributed by atoms with Crippen LogP contribution in [0.25, 0.3) is 10.9 Å². The number of benzene rings is 1. The van der Waals surface area contributed by atoms with E-state index in [1.54, 1.807) is 22.1 Å². The SMILES string of the molecule is O=C(CCn1ncc(=O)c2ccccc21)NCCSCc1cccs1. The molecule has 1 amide bonds. The molecule has 3 rings (SSSR count). The maximum absolute atomic E-state index is 12.0. The van der Waals surface area contributed by atoms with E-state index < -0.39 is 0 Å². The number of amides is 1. The number of rotatable bonds is 8. The number of carbonyl (C=O) groups is 1. The molecule has 1 aromatic carbocycles. The zero-order chi connectivity index (χ0) is 17.5. The van der Waals surface area contributed by atoms with E-state index in [4.69, 9.17) is 0 Å². The highest BCUT2D eigenvalue weighted by atomic mass is 32.2. The van der Waals surface area contributed by atoms with Crippen molar-refractivity contribution < 1.29 is 4.79 Å². The van der Waals surface area contributed by atoms with Crippen molar-refractivity contribution in [1.29, 1.82) is 0 Å². The van der Waals surface area contributed by atoms with Crippen LogP contribution in [0.5, 0.6) is 0 Å². The van der Waals surface area contributed by atoms with Crippen molar-refractivity contribution in [3.63, 3.8) is 0 Å². The van der Waals surface area contributed by atoms with E-state index in [0.29, 0.717) is 24.9 Å². The summed E-state index contributed by atoms with van der Waals surface area (Å²) in [5.74, 6) is 1.88. The summed E-state index contributed by atoms with van der Waals surface area (Å²) in [5.41, 5.74) is 0.661. The van der Waals surface area contributed by atoms with Crippen LogP contribution in [0.1, 0.15) is 11.3 Å². The molecule has 3 aromatic rings. The smallest absolute Gasteiger partial charge is 0.221 e. The molecule has 0 atom stereocenters. The molecule has 0 radical (unpaired) electrons. The number of thioether (sulfide) groups is 1. The van der Waals surface area contributed by atoms with Crippen LogP contribution in [0.3, 0.4) is 0 Å². The Kier molecular flexibility index (Phi) is 6.25. The first-order chi connectivity index (χ1) is 12.2. The van der Waals surface area contributed by atoms with Crippen LogP contribution in [0, 0.1) is 0 Å². The number of hydrogen-bond donors (Lipinski definition) is 1. The summed E-state index contributed by atoms with van der Waals surface area (Å²) in [7, 11) is 0. The normalized spacial score (nSPS) is 10.9. The number of thiophene rings is 1. The minimum Gasteiger partial charge on any atom is -0.355 e. The third-order valence-electron chi connectivity index (χ3n) is 3.71. The number of carbonyl (C=O) groups excluding carboxylic acids is 1. The highest BCUT2D eigenvalue weighted by Crippen LogP contribution is 2.16. The van der Waals surface area contributed by atoms with Gasteiger partial charge in [0, 0.05) is 34.7 Å². The minimum absolute atomic E-state index is 0.00121. The van der Waals surface area contributed by atoms with Gasteiger partial charge >= 0.3 is 0 Å². The molecule has 0 aliphatic carbocycles. The van der Waals surface area contributed by atoms with Crippen molar-refractivity contribution in [2.45, 2.75) is 18.7 Å². The first-order valence-corrected chi connectivity index (χ1v) is 10.1. The van der Waals surface area contributed by atoms with Gasteiger partial charge in [0.1, 0.15) is 0 Å². The van der Waals surface area contributed by atoms with Gasteiger partial charge in [0.25, 0.3) is 0 Å². The Hall–Kier alpha value is -2.12. The number of nitrogens with one attached hydrogen (secondary N) is 1. The molecule has 1 N–H and O–H groups in total. The van der Waals surface area contributed by atoms with E-state index in [2.05, 4.69) is 27.9 Å². The molecule has 0 unspecified atom stereocenters. The van der Waals surface area contributed by atoms with Crippen LogP contribution in [0.4, 0.5) is 0 Å². The number of aromatic nitrogens is 2. The predicted molar refractivity (Wildman–Crippen MR) is 104 cm³/mol. The van der Waals surface area contributed by atoms with Crippen LogP contribution in [-0.4, -0.2) is 28.0 Å². The molecule has 0 fully saturated rings. The van der Waals surface area contributed by atoms with Crippen molar-refractivity contribution in [1.82, 2.24) is 15.1 Å². The third kappa shape index (κ3) is 4.93. The fourth-order valence-electron chi connectivity index (χ4n) is 2.47. The highest BCUT2D eigenvalue weighted by Gasteiger charge is 2.06. The van der Waals surface area contributed by atoms with Crippen molar-refractivity contribution >= 4 is 39.9 Å². The molecule has 5 nitrogen and oxygen atoms in total. The van der Waals surface area contributed by atoms with Crippen LogP contribution < -0.4 is 10.7 Å². The maximum atomic E-state index is 12.0. The van der Waals surface area contributed by atoms with E-state index in [9.17, 15) is 9.59 Å². The van der Waals surface area contributed by atoms with Gasteiger partial charge in [0.15, 0.2) is 0 Å². The van der Waals surface area contributed by atoms with Gasteiger partial charge in [-0.3, -0.25) is 14.3 Å². The first kappa shape index (κ1) is 17.7. The monoisotopic (exact) mass is 373 g/mol. The van der Waals surface area contributed by atoms with Crippen LogP contribution in [0.2, 0.25) is 0 Å². The fourth-order valence-corrected chi connectivity index (χ4v) is 4.16. The molecule has 0 spiro atoms. The molecule has 2 aromatic heterocycles. The summed E-state index contributed by atoms with van der Waals surface area (Å²) < 4.78 is 1.71. The van der Waals surface area contributed by atoms with E-state index in [-0.39, 0.29) is 11.3 Å². The van der Waals surface area contributed by atoms with Crippen molar-refractivity contribution in [3.05, 3.63) is 63.1 Å². The summed E-state index contributed by atoms with van der Waals surface area (Å²) in [6.07, 6.45) is 1.65. The van der Waals surface area contributed by atoms with E-state index >= 15 is 0 Å². The summed E-state index contributed by atoms with van der Waals surface area (Å²) in [4.78, 5) is 25.1. The molecular weight excluding hydrogens is 354 g/mol. The lowest BCUT2D eigenvalue weighted by atomic mass is 10.2. The molecule has 0 saturated heterocycles. The molecule has 130 valence electrons. The molecular formula is C18H19N3O2S2. The number of fused-ring (bicyclic) bond motifs is 1. The molecule has 0 aliphatic rings. The second-order valence-corrected chi connectivity index (χ2v) is 7.62. The second kappa shape index (κ2) is 8.82. The summed E-state index contributed by atoms with van der Waals surface area (Å²) in [5, 5.41) is 9.77. The molecule has 0 bridgehead atoms. The van der Waals surface area contributed by atoms with Crippen LogP contribution in [-0.2, 0) is 17.1 Å². The zero-order valence-electron chi connectivity index (χ0n) is 13.7. The van der Waals surface area contributed by atoms with Gasteiger partial charge in [-0.2, -0.15) is 16.9 Å². The lowest BCUT2D eigenvalue weighted by Crippen LogP contribution is -2.27. The lowest BCUT2D eigenvalue weighted by Gasteiger charge is -2.09. The number of aryl methyl sites for hydroxylation is 1. The standard InChI is InChI=1S/C18H19N3O2S2/c22-17-12-20-21(16-6-2-1-5-15(16)17)9-7-18(23)19-8-11-24-13-14-4-3-10-25-14/h1-6,10,12H,7-9,11,13H2,(H,19,23). The summed E-state index contributed by atoms with van der Waals surface area (Å²) in [6, 6.07) is 11.5. The maximum Gasteiger partial charge on any atom is 0.221 e. The average Bonchev–Trinajstić information content (AvgIpc) is 3.14. The quantitative estimate of drug-likeness (QED) is 0.617. The third-order valence-corrected chi connectivity index (χ3v) is 5.77. The fraction of sp³-hybridized carbons (Fsp3) is 0.278. The van der Waals surface area contributed by atoms with Gasteiger partial charge in [-0.15, -0.1) is 11.3 Å². The van der Waals surface area contributed by atoms with Gasteiger partial charge in [-0.25, -0.2) is 0 Å². The molecule has 0 aliphatic heterocycles. The molecule has 25 heavy (non-hydrogen) atoms. The molecule has 2 heterocycles. The van der Waals surface area contributed by atoms with Crippen molar-refractivity contribution in [2.75, 3.05) is 12.3 Å². The Labute approximate surface area is 154 Å². The van der Waals surface area contributed by atoms with E-state index in [0.717, 1.165) is 17.0 Å². The van der Waals surface area contributed by atoms with Gasteiger partial charge in [0.05, 0.1) is 18.3 Å². The van der Waals surface area contributed by atoms with Crippen LogP contribution >= 0.6 is 23.1 Å². The summed E-state index contributed by atoms with van der Waals surface area (Å²) in [6.45, 7) is 1.11. The topological polar surface area (TPSA) is 64.0 Å². The lowest BCUT2D eigenvalue weighted by molar-refractivity contribution is -0.121. The molecule has 7 heteroatoms. The van der Waals surface area contributed by atoms with E-state index in [1.807, 2.05) is 30.0 Å². The number of hydrogen-bond acceptors (Lipinski definition) is 5. The largest absolute Gasteiger partial charge is 0.355 e. The van der Waals surface area contributed by atoms with Crippen molar-refractivity contribution in [2.24, 2.45) is 0 Å². The average molecular weight is 374 g/mol. The Balaban J connectivity index is 1.43. The zero-order valence-corrected chi connectivity index (χ0v) is 15.3. The van der Waals surface area contributed by atoms with Crippen LogP contribution in [0.15, 0.2) is 52.8 Å². The van der Waals surface area contributed by atoms with Crippen molar-refractivity contribution in [3.8, 4) is 0 Å². The summed E-state index contributed by atoms with van der Waals surface area (Å²) >= 11 is 3.57. The first-order valence-electron chi connectivity index (χ1n) is 8.06. The van der Waals surface area contributed by atoms with Gasteiger partial charge in [0.2, 0.25) is 11.3 Å². The predicted octanol–water partition coefficient (Wildman–Crippen LogP) is 2.90. The number of para-hydroxylation sites is 1. The van der Waals surface area contributed by atoms with Gasteiger partial charge in [-0.1, -0.05) is 18.2 Å². The van der Waals surface area contributed by atoms with Gasteiger partial charge < -0.3 is 5.32 Å². The number of nitrogens with zero attached hydrogens (tertiary/aromatic N) is 2. The minimum atomic E-state index is -0.0981. The highest BCUT2D eigenvalue weighted by molar-refractivity contribution is 7.98. The Morgan fingerprint density at radius 2 is 2.12 bits per heavy atom. The Bertz CT molecular complexity index is 891. The Morgan fingerprint density at radius 1 is 1.24 bits per heavy atom. The van der Waals surface area contributed by atoms with E-state index in [1.165, 1.54) is 11.1 Å². The Morgan fingerprint density at radius 3 is 2.96 bits per heavy atom.